The first-order chi connectivity index (χ1) is 19.0. The van der Waals surface area contributed by atoms with Crippen LogP contribution in [0.1, 0.15) is 21.6 Å². The molecule has 0 saturated carbocycles. The van der Waals surface area contributed by atoms with E-state index in [1.807, 2.05) is 0 Å². The summed E-state index contributed by atoms with van der Waals surface area (Å²) >= 11 is 6.12. The minimum Gasteiger partial charge on any atom is -0.490 e. The highest BCUT2D eigenvalue weighted by Crippen LogP contribution is 2.31. The van der Waals surface area contributed by atoms with Gasteiger partial charge in [0.2, 0.25) is 0 Å². The van der Waals surface area contributed by atoms with Crippen LogP contribution in [0, 0.1) is 6.92 Å². The van der Waals surface area contributed by atoms with Crippen LogP contribution >= 0.6 is 11.6 Å². The van der Waals surface area contributed by atoms with Crippen LogP contribution in [0.15, 0.2) is 54.7 Å². The molecule has 0 bridgehead atoms. The largest absolute Gasteiger partial charge is 0.490 e. The molecule has 0 radical (unpaired) electrons. The summed E-state index contributed by atoms with van der Waals surface area (Å²) in [7, 11) is 1.50. The van der Waals surface area contributed by atoms with E-state index in [1.165, 1.54) is 25.4 Å². The van der Waals surface area contributed by atoms with Crippen molar-refractivity contribution in [1.82, 2.24) is 20.9 Å². The van der Waals surface area contributed by atoms with Crippen molar-refractivity contribution in [3.63, 3.8) is 0 Å². The molecule has 2 aromatic carbocycles. The van der Waals surface area contributed by atoms with Crippen LogP contribution < -0.4 is 30.7 Å². The van der Waals surface area contributed by atoms with Gasteiger partial charge < -0.3 is 30.7 Å². The first-order valence-corrected chi connectivity index (χ1v) is 12.1. The fourth-order valence-corrected chi connectivity index (χ4v) is 3.35. The van der Waals surface area contributed by atoms with E-state index in [0.717, 1.165) is 5.56 Å². The maximum Gasteiger partial charge on any atom is 0.471 e. The summed E-state index contributed by atoms with van der Waals surface area (Å²) in [5.41, 5.74) is 1.83. The Labute approximate surface area is 232 Å². The number of benzene rings is 2. The second kappa shape index (κ2) is 13.5. The fraction of sp³-hybridized carbons (Fsp3) is 0.231. The minimum atomic E-state index is -5.00. The van der Waals surface area contributed by atoms with E-state index in [-0.39, 0.29) is 36.2 Å². The number of aromatic nitrogens is 1. The van der Waals surface area contributed by atoms with E-state index in [0.29, 0.717) is 22.1 Å². The molecule has 0 aliphatic rings. The fourth-order valence-electron chi connectivity index (χ4n) is 3.19. The Morgan fingerprint density at radius 2 is 1.73 bits per heavy atom. The van der Waals surface area contributed by atoms with Gasteiger partial charge in [-0.15, -0.1) is 0 Å². The van der Waals surface area contributed by atoms with E-state index in [1.54, 1.807) is 48.6 Å². The molecule has 0 atom stereocenters. The molecule has 1 aromatic heterocycles. The minimum absolute atomic E-state index is 0.115. The highest BCUT2D eigenvalue weighted by atomic mass is 35.5. The molecule has 0 saturated heterocycles. The van der Waals surface area contributed by atoms with Crippen molar-refractivity contribution in [3.8, 4) is 17.2 Å². The molecule has 0 fully saturated rings. The number of anilines is 1. The molecule has 40 heavy (non-hydrogen) atoms. The van der Waals surface area contributed by atoms with E-state index < -0.39 is 24.7 Å². The third kappa shape index (κ3) is 8.76. The molecule has 212 valence electrons. The third-order valence-electron chi connectivity index (χ3n) is 5.21. The van der Waals surface area contributed by atoms with Gasteiger partial charge in [0.05, 0.1) is 12.2 Å². The predicted octanol–water partition coefficient (Wildman–Crippen LogP) is 4.57. The van der Waals surface area contributed by atoms with Crippen LogP contribution in [-0.4, -0.2) is 49.2 Å². The standard InChI is InChI=1S/C26H25ClF3N5O5/c1-15-11-20(22(13-19(15)27)39-10-9-33-24(37)26(28,29)30)35-25(38)34-14-16-3-5-17(6-4-16)40-18-7-8-32-21(12-18)23(36)31-2/h3-8,11-13H,9-10,14H2,1-2H3,(H,31,36)(H,33,37)(H2,34,35,38). The predicted molar refractivity (Wildman–Crippen MR) is 141 cm³/mol. The van der Waals surface area contributed by atoms with Gasteiger partial charge in [-0.1, -0.05) is 23.7 Å². The van der Waals surface area contributed by atoms with E-state index in [4.69, 9.17) is 21.1 Å². The molecular formula is C26H25ClF3N5O5. The molecule has 0 aliphatic heterocycles. The van der Waals surface area contributed by atoms with Gasteiger partial charge >= 0.3 is 18.1 Å². The van der Waals surface area contributed by atoms with Gasteiger partial charge in [0, 0.05) is 36.9 Å². The molecule has 4 N–H and O–H groups in total. The molecule has 3 aromatic rings. The number of hydrogen-bond acceptors (Lipinski definition) is 6. The van der Waals surface area contributed by atoms with Crippen molar-refractivity contribution >= 4 is 35.1 Å². The first-order valence-electron chi connectivity index (χ1n) is 11.7. The zero-order valence-electron chi connectivity index (χ0n) is 21.3. The van der Waals surface area contributed by atoms with Gasteiger partial charge in [0.25, 0.3) is 5.91 Å². The maximum atomic E-state index is 12.5. The number of ether oxygens (including phenoxy) is 2. The molecular weight excluding hydrogens is 555 g/mol. The van der Waals surface area contributed by atoms with E-state index in [2.05, 4.69) is 20.9 Å². The van der Waals surface area contributed by atoms with Crippen molar-refractivity contribution in [1.29, 1.82) is 0 Å². The number of hydrogen-bond donors (Lipinski definition) is 4. The van der Waals surface area contributed by atoms with Gasteiger partial charge in [-0.05, 0) is 42.3 Å². The molecule has 4 amide bonds. The second-order valence-corrected chi connectivity index (χ2v) is 8.62. The zero-order chi connectivity index (χ0) is 29.3. The maximum absolute atomic E-state index is 12.5. The van der Waals surface area contributed by atoms with Gasteiger partial charge in [-0.3, -0.25) is 14.6 Å². The van der Waals surface area contributed by atoms with Gasteiger partial charge in [0.1, 0.15) is 29.5 Å². The Hall–Kier alpha value is -4.52. The molecule has 3 rings (SSSR count). The third-order valence-corrected chi connectivity index (χ3v) is 5.62. The number of pyridine rings is 1. The Balaban J connectivity index is 1.54. The summed E-state index contributed by atoms with van der Waals surface area (Å²) in [6.45, 7) is 1.16. The quantitative estimate of drug-likeness (QED) is 0.260. The number of carbonyl (C=O) groups is 3. The Morgan fingerprint density at radius 1 is 1.00 bits per heavy atom. The smallest absolute Gasteiger partial charge is 0.471 e. The van der Waals surface area contributed by atoms with Crippen LogP contribution in [0.2, 0.25) is 5.02 Å². The Bertz CT molecular complexity index is 1370. The van der Waals surface area contributed by atoms with Crippen LogP contribution in [0.3, 0.4) is 0 Å². The number of amides is 4. The van der Waals surface area contributed by atoms with Crippen molar-refractivity contribution in [2.24, 2.45) is 0 Å². The molecule has 14 heteroatoms. The van der Waals surface area contributed by atoms with Gasteiger partial charge in [0.15, 0.2) is 0 Å². The summed E-state index contributed by atoms with van der Waals surface area (Å²) in [4.78, 5) is 39.2. The lowest BCUT2D eigenvalue weighted by Crippen LogP contribution is -2.38. The number of nitrogens with one attached hydrogen (secondary N) is 4. The van der Waals surface area contributed by atoms with Crippen molar-refractivity contribution in [3.05, 3.63) is 76.6 Å². The molecule has 0 unspecified atom stereocenters. The summed E-state index contributed by atoms with van der Waals surface area (Å²) in [6, 6.07) is 12.4. The average Bonchev–Trinajstić information content (AvgIpc) is 2.92. The number of halogens is 4. The summed E-state index contributed by atoms with van der Waals surface area (Å²) in [5, 5.41) is 9.81. The van der Waals surface area contributed by atoms with Crippen molar-refractivity contribution in [2.75, 3.05) is 25.5 Å². The number of urea groups is 1. The molecule has 0 spiro atoms. The molecule has 1 heterocycles. The highest BCUT2D eigenvalue weighted by Gasteiger charge is 2.38. The topological polar surface area (TPSA) is 131 Å². The first kappa shape index (κ1) is 30.0. The lowest BCUT2D eigenvalue weighted by molar-refractivity contribution is -0.173. The van der Waals surface area contributed by atoms with Crippen LogP contribution in [0.4, 0.5) is 23.7 Å². The van der Waals surface area contributed by atoms with Crippen LogP contribution in [0.5, 0.6) is 17.2 Å². The van der Waals surface area contributed by atoms with Crippen molar-refractivity contribution in [2.45, 2.75) is 19.6 Å². The molecule has 0 aliphatic carbocycles. The Kier molecular flexibility index (Phi) is 10.1. The van der Waals surface area contributed by atoms with Crippen LogP contribution in [-0.2, 0) is 11.3 Å². The van der Waals surface area contributed by atoms with Crippen LogP contribution in [0.25, 0.3) is 0 Å². The number of carbonyl (C=O) groups excluding carboxylic acids is 3. The average molecular weight is 580 g/mol. The van der Waals surface area contributed by atoms with Gasteiger partial charge in [-0.25, -0.2) is 4.79 Å². The summed E-state index contributed by atoms with van der Waals surface area (Å²) in [6.07, 6.45) is -3.54. The Morgan fingerprint density at radius 3 is 2.40 bits per heavy atom. The number of nitrogens with zero attached hydrogens (tertiary/aromatic N) is 1. The normalized spacial score (nSPS) is 10.8. The van der Waals surface area contributed by atoms with E-state index in [9.17, 15) is 27.6 Å². The number of aryl methyl sites for hydroxylation is 1. The summed E-state index contributed by atoms with van der Waals surface area (Å²) in [5.74, 6) is -1.37. The lowest BCUT2D eigenvalue weighted by atomic mass is 10.2. The second-order valence-electron chi connectivity index (χ2n) is 8.21. The molecule has 10 nitrogen and oxygen atoms in total. The van der Waals surface area contributed by atoms with E-state index >= 15 is 0 Å². The lowest BCUT2D eigenvalue weighted by Gasteiger charge is -2.15. The van der Waals surface area contributed by atoms with Crippen molar-refractivity contribution < 1.29 is 37.0 Å². The monoisotopic (exact) mass is 579 g/mol. The number of rotatable bonds is 10. The zero-order valence-corrected chi connectivity index (χ0v) is 22.1. The highest BCUT2D eigenvalue weighted by molar-refractivity contribution is 6.31. The van der Waals surface area contributed by atoms with Gasteiger partial charge in [-0.2, -0.15) is 13.2 Å². The SMILES string of the molecule is CNC(=O)c1cc(Oc2ccc(CNC(=O)Nc3cc(C)c(Cl)cc3OCCNC(=O)C(F)(F)F)cc2)ccn1. The summed E-state index contributed by atoms with van der Waals surface area (Å²) < 4.78 is 48.1. The number of alkyl halides is 3.